The molecule has 0 saturated heterocycles. The second-order valence-corrected chi connectivity index (χ2v) is 4.25. The fourth-order valence-electron chi connectivity index (χ4n) is 1.69. The van der Waals surface area contributed by atoms with Crippen molar-refractivity contribution < 1.29 is 9.15 Å². The fraction of sp³-hybridized carbons (Fsp3) is 0.333. The zero-order valence-electron chi connectivity index (χ0n) is 10.9. The van der Waals surface area contributed by atoms with Gasteiger partial charge in [0.05, 0.1) is 6.26 Å². The third-order valence-corrected chi connectivity index (χ3v) is 2.79. The smallest absolute Gasteiger partial charge is 0.146 e. The van der Waals surface area contributed by atoms with Crippen LogP contribution in [0.2, 0.25) is 0 Å². The van der Waals surface area contributed by atoms with Crippen LogP contribution in [-0.2, 0) is 13.2 Å². The molecule has 0 unspecified atom stereocenters. The van der Waals surface area contributed by atoms with E-state index < -0.39 is 0 Å². The maximum Gasteiger partial charge on any atom is 0.146 e. The van der Waals surface area contributed by atoms with E-state index in [-0.39, 0.29) is 0 Å². The van der Waals surface area contributed by atoms with Crippen molar-refractivity contribution in [1.29, 1.82) is 0 Å². The summed E-state index contributed by atoms with van der Waals surface area (Å²) in [7, 11) is 0. The summed E-state index contributed by atoms with van der Waals surface area (Å²) in [6.07, 6.45) is 1.71. The molecule has 0 atom stereocenters. The van der Waals surface area contributed by atoms with Gasteiger partial charge >= 0.3 is 0 Å². The molecule has 18 heavy (non-hydrogen) atoms. The minimum Gasteiger partial charge on any atom is -0.486 e. The maximum absolute atomic E-state index is 5.70. The van der Waals surface area contributed by atoms with E-state index in [1.54, 1.807) is 6.26 Å². The minimum atomic E-state index is 0.469. The first-order valence-electron chi connectivity index (χ1n) is 6.25. The van der Waals surface area contributed by atoms with Gasteiger partial charge < -0.3 is 14.5 Å². The Morgan fingerprint density at radius 1 is 1.17 bits per heavy atom. The second kappa shape index (κ2) is 6.26. The van der Waals surface area contributed by atoms with Gasteiger partial charge in [0.15, 0.2) is 0 Å². The minimum absolute atomic E-state index is 0.469. The molecule has 1 N–H and O–H groups in total. The van der Waals surface area contributed by atoms with Crippen LogP contribution in [-0.4, -0.2) is 6.54 Å². The lowest BCUT2D eigenvalue weighted by Gasteiger charge is -2.06. The van der Waals surface area contributed by atoms with Gasteiger partial charge in [0.25, 0.3) is 0 Å². The lowest BCUT2D eigenvalue weighted by atomic mass is 10.2. The molecule has 2 aromatic rings. The third kappa shape index (κ3) is 3.37. The van der Waals surface area contributed by atoms with Gasteiger partial charge in [-0.1, -0.05) is 24.6 Å². The summed E-state index contributed by atoms with van der Waals surface area (Å²) in [5, 5.41) is 3.28. The van der Waals surface area contributed by atoms with Gasteiger partial charge in [-0.25, -0.2) is 0 Å². The van der Waals surface area contributed by atoms with Crippen LogP contribution in [0.15, 0.2) is 41.0 Å². The standard InChI is InChI=1S/C15H19NO2/c1-3-16-10-13-8-9-17-15(13)11-18-14-6-4-12(2)5-7-14/h4-9,16H,3,10-11H2,1-2H3. The van der Waals surface area contributed by atoms with Crippen molar-refractivity contribution >= 4 is 0 Å². The highest BCUT2D eigenvalue weighted by Gasteiger charge is 2.06. The topological polar surface area (TPSA) is 34.4 Å². The number of nitrogens with one attached hydrogen (secondary N) is 1. The molecule has 0 bridgehead atoms. The highest BCUT2D eigenvalue weighted by molar-refractivity contribution is 5.26. The van der Waals surface area contributed by atoms with E-state index in [9.17, 15) is 0 Å². The summed E-state index contributed by atoms with van der Waals surface area (Å²) in [4.78, 5) is 0. The maximum atomic E-state index is 5.70. The first-order valence-corrected chi connectivity index (χ1v) is 6.25. The van der Waals surface area contributed by atoms with Crippen molar-refractivity contribution in [3.63, 3.8) is 0 Å². The van der Waals surface area contributed by atoms with Gasteiger partial charge in [0, 0.05) is 12.1 Å². The van der Waals surface area contributed by atoms with Crippen LogP contribution in [0.25, 0.3) is 0 Å². The Morgan fingerprint density at radius 2 is 1.94 bits per heavy atom. The monoisotopic (exact) mass is 245 g/mol. The van der Waals surface area contributed by atoms with Gasteiger partial charge in [0.1, 0.15) is 18.1 Å². The van der Waals surface area contributed by atoms with Crippen LogP contribution >= 0.6 is 0 Å². The van der Waals surface area contributed by atoms with Crippen LogP contribution in [0.4, 0.5) is 0 Å². The van der Waals surface area contributed by atoms with Crippen molar-refractivity contribution in [3.05, 3.63) is 53.5 Å². The quantitative estimate of drug-likeness (QED) is 0.848. The molecular formula is C15H19NO2. The van der Waals surface area contributed by atoms with E-state index in [1.165, 1.54) is 5.56 Å². The predicted octanol–water partition coefficient (Wildman–Crippen LogP) is 3.28. The van der Waals surface area contributed by atoms with Crippen LogP contribution in [0, 0.1) is 6.92 Å². The molecule has 0 amide bonds. The van der Waals surface area contributed by atoms with E-state index in [0.29, 0.717) is 6.61 Å². The zero-order valence-corrected chi connectivity index (χ0v) is 10.9. The number of rotatable bonds is 6. The van der Waals surface area contributed by atoms with E-state index in [1.807, 2.05) is 30.3 Å². The van der Waals surface area contributed by atoms with Gasteiger partial charge in [-0.15, -0.1) is 0 Å². The molecule has 1 aromatic carbocycles. The first-order chi connectivity index (χ1) is 8.79. The number of hydrogen-bond donors (Lipinski definition) is 1. The summed E-state index contributed by atoms with van der Waals surface area (Å²) < 4.78 is 11.1. The van der Waals surface area contributed by atoms with Crippen LogP contribution in [0.5, 0.6) is 5.75 Å². The summed E-state index contributed by atoms with van der Waals surface area (Å²) in [6, 6.07) is 10.0. The van der Waals surface area contributed by atoms with Crippen molar-refractivity contribution in [2.45, 2.75) is 27.0 Å². The van der Waals surface area contributed by atoms with E-state index in [2.05, 4.69) is 19.2 Å². The van der Waals surface area contributed by atoms with Crippen molar-refractivity contribution in [2.24, 2.45) is 0 Å². The molecular weight excluding hydrogens is 226 g/mol. The Labute approximate surface area is 108 Å². The number of furan rings is 1. The molecule has 96 valence electrons. The van der Waals surface area contributed by atoms with Crippen LogP contribution in [0.3, 0.4) is 0 Å². The average molecular weight is 245 g/mol. The molecule has 0 aliphatic rings. The zero-order chi connectivity index (χ0) is 12.8. The third-order valence-electron chi connectivity index (χ3n) is 2.79. The summed E-state index contributed by atoms with van der Waals surface area (Å²) in [6.45, 7) is 6.38. The summed E-state index contributed by atoms with van der Waals surface area (Å²) >= 11 is 0. The molecule has 3 nitrogen and oxygen atoms in total. The number of benzene rings is 1. The van der Waals surface area contributed by atoms with Crippen LogP contribution < -0.4 is 10.1 Å². The van der Waals surface area contributed by atoms with Gasteiger partial charge in [-0.2, -0.15) is 0 Å². The van der Waals surface area contributed by atoms with Gasteiger partial charge in [-0.05, 0) is 31.7 Å². The van der Waals surface area contributed by atoms with Crippen molar-refractivity contribution in [1.82, 2.24) is 5.32 Å². The number of ether oxygens (including phenoxy) is 1. The molecule has 0 saturated carbocycles. The fourth-order valence-corrected chi connectivity index (χ4v) is 1.69. The molecule has 2 rings (SSSR count). The molecule has 0 fully saturated rings. The van der Waals surface area contributed by atoms with Gasteiger partial charge in [0.2, 0.25) is 0 Å². The molecule has 3 heteroatoms. The Kier molecular flexibility index (Phi) is 4.42. The molecule has 0 radical (unpaired) electrons. The molecule has 0 aliphatic heterocycles. The SMILES string of the molecule is CCNCc1ccoc1COc1ccc(C)cc1. The number of aryl methyl sites for hydroxylation is 1. The molecule has 0 spiro atoms. The Hall–Kier alpha value is -1.74. The molecule has 1 heterocycles. The van der Waals surface area contributed by atoms with Crippen LogP contribution in [0.1, 0.15) is 23.8 Å². The highest BCUT2D eigenvalue weighted by atomic mass is 16.5. The number of hydrogen-bond acceptors (Lipinski definition) is 3. The lowest BCUT2D eigenvalue weighted by molar-refractivity contribution is 0.268. The summed E-state index contributed by atoms with van der Waals surface area (Å²) in [5.74, 6) is 1.75. The Bertz CT molecular complexity index is 473. The van der Waals surface area contributed by atoms with E-state index >= 15 is 0 Å². The first kappa shape index (κ1) is 12.7. The molecule has 0 aliphatic carbocycles. The van der Waals surface area contributed by atoms with Crippen molar-refractivity contribution in [2.75, 3.05) is 6.54 Å². The second-order valence-electron chi connectivity index (χ2n) is 4.25. The molecule has 1 aromatic heterocycles. The lowest BCUT2D eigenvalue weighted by Crippen LogP contribution is -2.12. The highest BCUT2D eigenvalue weighted by Crippen LogP contribution is 2.16. The Balaban J connectivity index is 1.93. The normalized spacial score (nSPS) is 10.6. The van der Waals surface area contributed by atoms with Gasteiger partial charge in [-0.3, -0.25) is 0 Å². The largest absolute Gasteiger partial charge is 0.486 e. The predicted molar refractivity (Wildman–Crippen MR) is 71.6 cm³/mol. The van der Waals surface area contributed by atoms with E-state index in [0.717, 1.165) is 30.2 Å². The summed E-state index contributed by atoms with van der Waals surface area (Å²) in [5.41, 5.74) is 2.39. The van der Waals surface area contributed by atoms with E-state index in [4.69, 9.17) is 9.15 Å². The average Bonchev–Trinajstić information content (AvgIpc) is 2.83. The van der Waals surface area contributed by atoms with Crippen molar-refractivity contribution in [3.8, 4) is 5.75 Å². The Morgan fingerprint density at radius 3 is 2.67 bits per heavy atom.